The number of aromatic nitrogens is 2. The number of benzene rings is 1. The van der Waals surface area contributed by atoms with E-state index in [9.17, 15) is 9.18 Å². The monoisotopic (exact) mass is 303 g/mol. The molecule has 0 radical (unpaired) electrons. The molecule has 2 N–H and O–H groups in total. The first kappa shape index (κ1) is 14.9. The smallest absolute Gasteiger partial charge is 0.256 e. The highest BCUT2D eigenvalue weighted by molar-refractivity contribution is 5.21. The van der Waals surface area contributed by atoms with Gasteiger partial charge in [-0.05, 0) is 24.6 Å². The van der Waals surface area contributed by atoms with Gasteiger partial charge in [0.05, 0.1) is 31.0 Å². The molecule has 0 saturated carbocycles. The Labute approximate surface area is 127 Å². The van der Waals surface area contributed by atoms with Crippen molar-refractivity contribution in [3.05, 3.63) is 63.1 Å². The summed E-state index contributed by atoms with van der Waals surface area (Å²) in [6.45, 7) is 3.28. The van der Waals surface area contributed by atoms with Gasteiger partial charge >= 0.3 is 0 Å². The molecule has 3 rings (SSSR count). The Balaban J connectivity index is 1.71. The highest BCUT2D eigenvalue weighted by Gasteiger charge is 2.16. The number of nitrogens with zero attached hydrogens (tertiary/aromatic N) is 1. The van der Waals surface area contributed by atoms with Crippen LogP contribution < -0.4 is 10.9 Å². The molecule has 1 aliphatic rings. The predicted molar refractivity (Wildman–Crippen MR) is 79.9 cm³/mol. The number of rotatable bonds is 4. The number of ether oxygens (including phenoxy) is 1. The number of aromatic amines is 1. The second kappa shape index (κ2) is 6.37. The Morgan fingerprint density at radius 3 is 3.18 bits per heavy atom. The summed E-state index contributed by atoms with van der Waals surface area (Å²) in [5, 5.41) is 3.25. The topological polar surface area (TPSA) is 67.0 Å². The summed E-state index contributed by atoms with van der Waals surface area (Å²) in [6.07, 6.45) is 0.658. The van der Waals surface area contributed by atoms with E-state index in [0.717, 1.165) is 11.3 Å². The van der Waals surface area contributed by atoms with Crippen molar-refractivity contribution in [1.29, 1.82) is 0 Å². The molecule has 0 unspecified atom stereocenters. The highest BCUT2D eigenvalue weighted by Crippen LogP contribution is 2.14. The summed E-state index contributed by atoms with van der Waals surface area (Å²) in [6, 6.07) is 6.42. The normalized spacial score (nSPS) is 15.4. The lowest BCUT2D eigenvalue weighted by molar-refractivity contribution is 0.107. The molecule has 1 aromatic heterocycles. The Kier molecular flexibility index (Phi) is 4.31. The van der Waals surface area contributed by atoms with Gasteiger partial charge < -0.3 is 15.0 Å². The van der Waals surface area contributed by atoms with Gasteiger partial charge in [-0.15, -0.1) is 0 Å². The predicted octanol–water partition coefficient (Wildman–Crippen LogP) is 1.83. The summed E-state index contributed by atoms with van der Waals surface area (Å²) in [5.41, 5.74) is 2.15. The van der Waals surface area contributed by atoms with Crippen LogP contribution in [0.3, 0.4) is 0 Å². The maximum Gasteiger partial charge on any atom is 0.256 e. The molecule has 6 heteroatoms. The lowest BCUT2D eigenvalue weighted by Crippen LogP contribution is -2.28. The molecule has 1 aliphatic heterocycles. The lowest BCUT2D eigenvalue weighted by Gasteiger charge is -2.17. The minimum Gasteiger partial charge on any atom is -0.376 e. The van der Waals surface area contributed by atoms with Gasteiger partial charge in [0.2, 0.25) is 0 Å². The van der Waals surface area contributed by atoms with Crippen molar-refractivity contribution >= 4 is 0 Å². The van der Waals surface area contributed by atoms with E-state index in [4.69, 9.17) is 4.74 Å². The first-order valence-corrected chi connectivity index (χ1v) is 7.31. The third-order valence-corrected chi connectivity index (χ3v) is 3.80. The van der Waals surface area contributed by atoms with Crippen LogP contribution in [0.1, 0.15) is 35.6 Å². The number of hydrogen-bond donors (Lipinski definition) is 2. The minimum absolute atomic E-state index is 0.0413. The fraction of sp³-hybridized carbons (Fsp3) is 0.375. The van der Waals surface area contributed by atoms with Crippen molar-refractivity contribution in [3.8, 4) is 0 Å². The summed E-state index contributed by atoms with van der Waals surface area (Å²) in [4.78, 5) is 19.2. The molecule has 2 aromatic rings. The average Bonchev–Trinajstić information content (AvgIpc) is 2.53. The van der Waals surface area contributed by atoms with Crippen molar-refractivity contribution in [1.82, 2.24) is 15.3 Å². The molecule has 0 bridgehead atoms. The van der Waals surface area contributed by atoms with Crippen LogP contribution >= 0.6 is 0 Å². The van der Waals surface area contributed by atoms with Crippen LogP contribution in [0.5, 0.6) is 0 Å². The van der Waals surface area contributed by atoms with Gasteiger partial charge in [-0.1, -0.05) is 12.1 Å². The van der Waals surface area contributed by atoms with Gasteiger partial charge in [-0.3, -0.25) is 4.79 Å². The van der Waals surface area contributed by atoms with Crippen LogP contribution in [0.25, 0.3) is 0 Å². The van der Waals surface area contributed by atoms with Crippen LogP contribution in [0.2, 0.25) is 0 Å². The molecule has 22 heavy (non-hydrogen) atoms. The fourth-order valence-electron chi connectivity index (χ4n) is 2.52. The number of H-pyrrole nitrogens is 1. The van der Waals surface area contributed by atoms with Crippen molar-refractivity contribution < 1.29 is 9.13 Å². The Bertz CT molecular complexity index is 730. The minimum atomic E-state index is -0.258. The molecule has 2 heterocycles. The van der Waals surface area contributed by atoms with Gasteiger partial charge in [0.25, 0.3) is 5.56 Å². The molecule has 0 fully saturated rings. The quantitative estimate of drug-likeness (QED) is 0.904. The standard InChI is InChI=1S/C16H18FN3O2/c1-10(11-3-2-4-12(17)7-11)18-8-15-19-14-5-6-22-9-13(14)16(21)20-15/h2-4,7,10,18H,5-6,8-9H2,1H3,(H,19,20,21)/t10-/m0/s1. The van der Waals surface area contributed by atoms with E-state index in [-0.39, 0.29) is 17.4 Å². The van der Waals surface area contributed by atoms with Gasteiger partial charge in [0.1, 0.15) is 11.6 Å². The molecule has 0 spiro atoms. The third-order valence-electron chi connectivity index (χ3n) is 3.80. The van der Waals surface area contributed by atoms with Crippen molar-refractivity contribution in [3.63, 3.8) is 0 Å². The SMILES string of the molecule is C[C@H](NCc1nc2c(c(=O)[nH]1)COCC2)c1cccc(F)c1. The molecule has 116 valence electrons. The van der Waals surface area contributed by atoms with E-state index in [1.807, 2.05) is 13.0 Å². The van der Waals surface area contributed by atoms with Crippen LogP contribution in [0.15, 0.2) is 29.1 Å². The largest absolute Gasteiger partial charge is 0.376 e. The second-order valence-corrected chi connectivity index (χ2v) is 5.40. The van der Waals surface area contributed by atoms with Crippen LogP contribution in [0.4, 0.5) is 4.39 Å². The summed E-state index contributed by atoms with van der Waals surface area (Å²) >= 11 is 0. The van der Waals surface area contributed by atoms with E-state index in [1.54, 1.807) is 6.07 Å². The van der Waals surface area contributed by atoms with Crippen molar-refractivity contribution in [2.75, 3.05) is 6.61 Å². The van der Waals surface area contributed by atoms with Crippen LogP contribution in [-0.2, 0) is 24.3 Å². The average molecular weight is 303 g/mol. The molecule has 0 amide bonds. The van der Waals surface area contributed by atoms with E-state index >= 15 is 0 Å². The lowest BCUT2D eigenvalue weighted by atomic mass is 10.1. The third kappa shape index (κ3) is 3.23. The molecular weight excluding hydrogens is 285 g/mol. The number of fused-ring (bicyclic) bond motifs is 1. The van der Waals surface area contributed by atoms with Crippen molar-refractivity contribution in [2.45, 2.75) is 32.5 Å². The van der Waals surface area contributed by atoms with Gasteiger partial charge in [0.15, 0.2) is 0 Å². The summed E-state index contributed by atoms with van der Waals surface area (Å²) in [5.74, 6) is 0.334. The second-order valence-electron chi connectivity index (χ2n) is 5.40. The first-order chi connectivity index (χ1) is 10.6. The Morgan fingerprint density at radius 2 is 2.36 bits per heavy atom. The molecule has 0 aliphatic carbocycles. The van der Waals surface area contributed by atoms with E-state index in [1.165, 1.54) is 12.1 Å². The molecule has 1 atom stereocenters. The van der Waals surface area contributed by atoms with Gasteiger partial charge in [0, 0.05) is 12.5 Å². The highest BCUT2D eigenvalue weighted by atomic mass is 19.1. The van der Waals surface area contributed by atoms with Crippen LogP contribution in [-0.4, -0.2) is 16.6 Å². The zero-order chi connectivity index (χ0) is 15.5. The number of halogens is 1. The fourth-order valence-corrected chi connectivity index (χ4v) is 2.52. The number of hydrogen-bond acceptors (Lipinski definition) is 4. The first-order valence-electron chi connectivity index (χ1n) is 7.31. The van der Waals surface area contributed by atoms with Gasteiger partial charge in [-0.25, -0.2) is 9.37 Å². The maximum absolute atomic E-state index is 13.2. The molecule has 0 saturated heterocycles. The molecule has 5 nitrogen and oxygen atoms in total. The molecular formula is C16H18FN3O2. The van der Waals surface area contributed by atoms with Crippen LogP contribution in [0, 0.1) is 5.82 Å². The maximum atomic E-state index is 13.2. The Morgan fingerprint density at radius 1 is 1.50 bits per heavy atom. The Hall–Kier alpha value is -2.05. The number of nitrogens with one attached hydrogen (secondary N) is 2. The van der Waals surface area contributed by atoms with E-state index < -0.39 is 0 Å². The van der Waals surface area contributed by atoms with Crippen molar-refractivity contribution in [2.24, 2.45) is 0 Å². The molecule has 1 aromatic carbocycles. The van der Waals surface area contributed by atoms with Gasteiger partial charge in [-0.2, -0.15) is 0 Å². The van der Waals surface area contributed by atoms with E-state index in [0.29, 0.717) is 37.6 Å². The van der Waals surface area contributed by atoms with E-state index in [2.05, 4.69) is 15.3 Å². The zero-order valence-corrected chi connectivity index (χ0v) is 12.4. The zero-order valence-electron chi connectivity index (χ0n) is 12.4. The summed E-state index contributed by atoms with van der Waals surface area (Å²) in [7, 11) is 0. The summed E-state index contributed by atoms with van der Waals surface area (Å²) < 4.78 is 18.5.